The standard InChI is InChI=1S/C16H11Cl3N2O/c17-12-3-1-10(2-4-12)16-11(9-22)8-20-21(16)15-6-5-13(18)7-14(15)19/h1-8,22H,9H2. The molecule has 0 aliphatic rings. The molecule has 2 aromatic carbocycles. The van der Waals surface area contributed by atoms with Gasteiger partial charge in [-0.25, -0.2) is 4.68 Å². The van der Waals surface area contributed by atoms with E-state index in [4.69, 9.17) is 34.8 Å². The lowest BCUT2D eigenvalue weighted by Gasteiger charge is -2.11. The summed E-state index contributed by atoms with van der Waals surface area (Å²) in [4.78, 5) is 0. The van der Waals surface area contributed by atoms with Crippen molar-refractivity contribution in [3.05, 3.63) is 69.3 Å². The number of rotatable bonds is 3. The van der Waals surface area contributed by atoms with Gasteiger partial charge < -0.3 is 5.11 Å². The first-order chi connectivity index (χ1) is 10.6. The third-order valence-electron chi connectivity index (χ3n) is 3.27. The zero-order valence-electron chi connectivity index (χ0n) is 11.3. The SMILES string of the molecule is OCc1cnn(-c2ccc(Cl)cc2Cl)c1-c1ccc(Cl)cc1. The summed E-state index contributed by atoms with van der Waals surface area (Å²) in [7, 11) is 0. The predicted molar refractivity (Wildman–Crippen MR) is 90.0 cm³/mol. The van der Waals surface area contributed by atoms with Crippen molar-refractivity contribution >= 4 is 34.8 Å². The first-order valence-electron chi connectivity index (χ1n) is 6.49. The van der Waals surface area contributed by atoms with E-state index in [1.54, 1.807) is 41.2 Å². The molecule has 0 saturated carbocycles. The highest BCUT2D eigenvalue weighted by atomic mass is 35.5. The molecule has 0 radical (unpaired) electrons. The highest BCUT2D eigenvalue weighted by molar-refractivity contribution is 6.35. The van der Waals surface area contributed by atoms with E-state index in [0.29, 0.717) is 26.3 Å². The van der Waals surface area contributed by atoms with Crippen LogP contribution in [0.2, 0.25) is 15.1 Å². The van der Waals surface area contributed by atoms with E-state index in [9.17, 15) is 5.11 Å². The van der Waals surface area contributed by atoms with Crippen molar-refractivity contribution in [3.63, 3.8) is 0 Å². The number of nitrogens with zero attached hydrogens (tertiary/aromatic N) is 2. The van der Waals surface area contributed by atoms with E-state index in [0.717, 1.165) is 11.3 Å². The van der Waals surface area contributed by atoms with Crippen LogP contribution in [0.3, 0.4) is 0 Å². The second-order valence-corrected chi connectivity index (χ2v) is 5.97. The van der Waals surface area contributed by atoms with Crippen LogP contribution >= 0.6 is 34.8 Å². The van der Waals surface area contributed by atoms with E-state index in [2.05, 4.69) is 5.10 Å². The summed E-state index contributed by atoms with van der Waals surface area (Å²) >= 11 is 18.2. The summed E-state index contributed by atoms with van der Waals surface area (Å²) in [5.74, 6) is 0. The monoisotopic (exact) mass is 352 g/mol. The molecule has 1 aromatic heterocycles. The summed E-state index contributed by atoms with van der Waals surface area (Å²) in [5.41, 5.74) is 3.05. The van der Waals surface area contributed by atoms with Gasteiger partial charge in [-0.15, -0.1) is 0 Å². The van der Waals surface area contributed by atoms with Crippen LogP contribution in [0.15, 0.2) is 48.7 Å². The summed E-state index contributed by atoms with van der Waals surface area (Å²) in [6, 6.07) is 12.5. The Labute approximate surface area is 142 Å². The van der Waals surface area contributed by atoms with Gasteiger partial charge in [0.15, 0.2) is 0 Å². The van der Waals surface area contributed by atoms with Gasteiger partial charge in [0.1, 0.15) is 0 Å². The molecule has 0 fully saturated rings. The molecule has 3 rings (SSSR count). The normalized spacial score (nSPS) is 10.9. The minimum Gasteiger partial charge on any atom is -0.392 e. The van der Waals surface area contributed by atoms with Gasteiger partial charge in [0.2, 0.25) is 0 Å². The lowest BCUT2D eigenvalue weighted by molar-refractivity contribution is 0.282. The third kappa shape index (κ3) is 2.85. The predicted octanol–water partition coefficient (Wildman–Crippen LogP) is 4.99. The Bertz CT molecular complexity index is 813. The van der Waals surface area contributed by atoms with Crippen LogP contribution in [0.25, 0.3) is 16.9 Å². The van der Waals surface area contributed by atoms with E-state index < -0.39 is 0 Å². The molecule has 6 heteroatoms. The topological polar surface area (TPSA) is 38.1 Å². The molecule has 0 unspecified atom stereocenters. The molecule has 1 heterocycles. The molecular formula is C16H11Cl3N2O. The van der Waals surface area contributed by atoms with E-state index in [-0.39, 0.29) is 6.61 Å². The Morgan fingerprint density at radius 1 is 0.955 bits per heavy atom. The second kappa shape index (κ2) is 6.31. The van der Waals surface area contributed by atoms with Gasteiger partial charge in [0.05, 0.1) is 29.2 Å². The van der Waals surface area contributed by atoms with Gasteiger partial charge >= 0.3 is 0 Å². The number of aromatic nitrogens is 2. The maximum Gasteiger partial charge on any atom is 0.0840 e. The van der Waals surface area contributed by atoms with Crippen LogP contribution in [-0.2, 0) is 6.61 Å². The molecule has 0 aliphatic carbocycles. The summed E-state index contributed by atoms with van der Waals surface area (Å²) < 4.78 is 1.69. The minimum absolute atomic E-state index is 0.122. The summed E-state index contributed by atoms with van der Waals surface area (Å²) in [6.45, 7) is -0.122. The van der Waals surface area contributed by atoms with Crippen molar-refractivity contribution in [2.24, 2.45) is 0 Å². The van der Waals surface area contributed by atoms with Crippen LogP contribution in [0, 0.1) is 0 Å². The van der Waals surface area contributed by atoms with E-state index >= 15 is 0 Å². The lowest BCUT2D eigenvalue weighted by Crippen LogP contribution is -2.01. The van der Waals surface area contributed by atoms with Crippen molar-refractivity contribution in [2.75, 3.05) is 0 Å². The fourth-order valence-electron chi connectivity index (χ4n) is 2.25. The Hall–Kier alpha value is -1.52. The number of benzene rings is 2. The summed E-state index contributed by atoms with van der Waals surface area (Å²) in [5, 5.41) is 15.6. The molecule has 0 spiro atoms. The molecule has 0 atom stereocenters. The number of aliphatic hydroxyl groups excluding tert-OH is 1. The molecule has 3 nitrogen and oxygen atoms in total. The summed E-state index contributed by atoms with van der Waals surface area (Å²) in [6.07, 6.45) is 1.62. The number of hydrogen-bond acceptors (Lipinski definition) is 2. The van der Waals surface area contributed by atoms with Gasteiger partial charge in [-0.3, -0.25) is 0 Å². The highest BCUT2D eigenvalue weighted by Crippen LogP contribution is 2.31. The maximum absolute atomic E-state index is 9.57. The molecule has 1 N–H and O–H groups in total. The number of halogens is 3. The Morgan fingerprint density at radius 3 is 2.27 bits per heavy atom. The lowest BCUT2D eigenvalue weighted by atomic mass is 10.1. The van der Waals surface area contributed by atoms with E-state index in [1.165, 1.54) is 0 Å². The van der Waals surface area contributed by atoms with Crippen LogP contribution in [-0.4, -0.2) is 14.9 Å². The third-order valence-corrected chi connectivity index (χ3v) is 4.06. The maximum atomic E-state index is 9.57. The Balaban J connectivity index is 2.21. The quantitative estimate of drug-likeness (QED) is 0.720. The van der Waals surface area contributed by atoms with Crippen LogP contribution in [0.1, 0.15) is 5.56 Å². The average molecular weight is 354 g/mol. The molecule has 22 heavy (non-hydrogen) atoms. The van der Waals surface area contributed by atoms with Crippen LogP contribution < -0.4 is 0 Å². The van der Waals surface area contributed by atoms with Gasteiger partial charge in [-0.2, -0.15) is 5.10 Å². The molecule has 112 valence electrons. The van der Waals surface area contributed by atoms with Crippen LogP contribution in [0.4, 0.5) is 0 Å². The van der Waals surface area contributed by atoms with Gasteiger partial charge in [0, 0.05) is 21.2 Å². The molecule has 0 saturated heterocycles. The van der Waals surface area contributed by atoms with E-state index in [1.807, 2.05) is 12.1 Å². The number of hydrogen-bond donors (Lipinski definition) is 1. The Morgan fingerprint density at radius 2 is 1.64 bits per heavy atom. The number of aliphatic hydroxyl groups is 1. The zero-order chi connectivity index (χ0) is 15.7. The van der Waals surface area contributed by atoms with Crippen molar-refractivity contribution in [2.45, 2.75) is 6.61 Å². The molecule has 0 bridgehead atoms. The van der Waals surface area contributed by atoms with Gasteiger partial charge in [-0.05, 0) is 30.3 Å². The molecule has 0 aliphatic heterocycles. The van der Waals surface area contributed by atoms with Gasteiger partial charge in [0.25, 0.3) is 0 Å². The fourth-order valence-corrected chi connectivity index (χ4v) is 2.86. The largest absolute Gasteiger partial charge is 0.392 e. The smallest absolute Gasteiger partial charge is 0.0840 e. The second-order valence-electron chi connectivity index (χ2n) is 4.69. The molecule has 3 aromatic rings. The van der Waals surface area contributed by atoms with Crippen molar-refractivity contribution in [1.29, 1.82) is 0 Å². The first-order valence-corrected chi connectivity index (χ1v) is 7.62. The minimum atomic E-state index is -0.122. The van der Waals surface area contributed by atoms with Crippen LogP contribution in [0.5, 0.6) is 0 Å². The average Bonchev–Trinajstić information content (AvgIpc) is 2.92. The molecular weight excluding hydrogens is 343 g/mol. The van der Waals surface area contributed by atoms with Crippen molar-refractivity contribution < 1.29 is 5.11 Å². The zero-order valence-corrected chi connectivity index (χ0v) is 13.6. The fraction of sp³-hybridized carbons (Fsp3) is 0.0625. The Kier molecular flexibility index (Phi) is 4.41. The molecule has 0 amide bonds. The van der Waals surface area contributed by atoms with Gasteiger partial charge in [-0.1, -0.05) is 46.9 Å². The highest BCUT2D eigenvalue weighted by Gasteiger charge is 2.16. The first kappa shape index (κ1) is 15.4. The van der Waals surface area contributed by atoms with Crippen molar-refractivity contribution in [1.82, 2.24) is 9.78 Å². The van der Waals surface area contributed by atoms with Crippen molar-refractivity contribution in [3.8, 4) is 16.9 Å².